The maximum atomic E-state index is 14.8. The standard InChI is InChI=1S/C21H3F8N5/c22-17-3-11(13(7-33)19(23)18(17)10(4-30)5-31)12(6-32)9-1-15(20(24,25)26)14(8-34)16(2-9)21(27,28)29/h1-3H/b12-11+. The van der Waals surface area contributed by atoms with Crippen LogP contribution >= 0.6 is 0 Å². The number of halogens is 8. The first-order chi connectivity index (χ1) is 15.8. The van der Waals surface area contributed by atoms with Gasteiger partial charge in [-0.3, -0.25) is 0 Å². The topological polar surface area (TPSA) is 119 Å². The molecule has 0 N–H and O–H groups in total. The Morgan fingerprint density at radius 1 is 0.676 bits per heavy atom. The molecule has 0 unspecified atom stereocenters. The second-order valence-electron chi connectivity index (χ2n) is 6.22. The van der Waals surface area contributed by atoms with Crippen LogP contribution in [0.5, 0.6) is 0 Å². The van der Waals surface area contributed by atoms with E-state index in [0.717, 1.165) is 6.07 Å². The maximum absolute atomic E-state index is 14.8. The molecule has 0 saturated carbocycles. The summed E-state index contributed by atoms with van der Waals surface area (Å²) in [5, 5.41) is 43.0. The molecule has 0 bridgehead atoms. The third kappa shape index (κ3) is 4.35. The van der Waals surface area contributed by atoms with E-state index in [4.69, 9.17) is 15.8 Å². The summed E-state index contributed by atoms with van der Waals surface area (Å²) >= 11 is 0. The van der Waals surface area contributed by atoms with Gasteiger partial charge in [-0.2, -0.15) is 52.7 Å². The molecule has 2 aromatic rings. The Kier molecular flexibility index (Phi) is 6.63. The average molecular weight is 477 g/mol. The number of hydrogen-bond donors (Lipinski definition) is 0. The van der Waals surface area contributed by atoms with Crippen molar-refractivity contribution in [2.24, 2.45) is 0 Å². The summed E-state index contributed by atoms with van der Waals surface area (Å²) in [6.45, 7) is 0. The van der Waals surface area contributed by atoms with Crippen molar-refractivity contribution in [1.82, 2.24) is 0 Å². The highest BCUT2D eigenvalue weighted by Crippen LogP contribution is 2.40. The molecule has 0 atom stereocenters. The molecular formula is C21H3F8N5. The summed E-state index contributed by atoms with van der Waals surface area (Å²) in [7, 11) is 0. The molecule has 0 aliphatic heterocycles. The normalized spacial score (nSPS) is 11.9. The zero-order valence-corrected chi connectivity index (χ0v) is 16.0. The summed E-state index contributed by atoms with van der Waals surface area (Å²) < 4.78 is 110. The minimum atomic E-state index is -5.50. The van der Waals surface area contributed by atoms with Gasteiger partial charge in [-0.05, 0) is 23.8 Å². The van der Waals surface area contributed by atoms with E-state index in [-0.39, 0.29) is 18.2 Å². The van der Waals surface area contributed by atoms with Crippen LogP contribution in [0, 0.1) is 68.3 Å². The van der Waals surface area contributed by atoms with Crippen LogP contribution in [0.3, 0.4) is 0 Å². The minimum Gasteiger partial charge on any atom is -0.206 e. The first kappa shape index (κ1) is 25.3. The molecular weight excluding hydrogens is 474 g/mol. The van der Waals surface area contributed by atoms with Gasteiger partial charge in [-0.15, -0.1) is 0 Å². The summed E-state index contributed by atoms with van der Waals surface area (Å²) in [6, 6.07) is 5.77. The van der Waals surface area contributed by atoms with Gasteiger partial charge in [-0.25, -0.2) is 8.78 Å². The lowest BCUT2D eigenvalue weighted by Gasteiger charge is -2.16. The van der Waals surface area contributed by atoms with E-state index in [1.54, 1.807) is 0 Å². The molecule has 2 rings (SSSR count). The minimum absolute atomic E-state index is 0.000662. The zero-order chi connectivity index (χ0) is 26.0. The van der Waals surface area contributed by atoms with Crippen molar-refractivity contribution in [3.63, 3.8) is 0 Å². The molecule has 2 aromatic carbocycles. The van der Waals surface area contributed by atoms with Gasteiger partial charge in [0.2, 0.25) is 0 Å². The van der Waals surface area contributed by atoms with E-state index < -0.39 is 73.4 Å². The van der Waals surface area contributed by atoms with Crippen molar-refractivity contribution in [3.05, 3.63) is 68.1 Å². The number of rotatable bonds is 1. The lowest BCUT2D eigenvalue weighted by Crippen LogP contribution is -2.27. The molecule has 13 heteroatoms. The number of nitriles is 5. The molecule has 0 spiro atoms. The number of nitrogens with zero attached hydrogens (tertiary/aromatic N) is 5. The smallest absolute Gasteiger partial charge is 0.206 e. The number of benzene rings is 2. The Balaban J connectivity index is 3.27. The zero-order valence-electron chi connectivity index (χ0n) is 16.0. The molecule has 168 valence electrons. The second-order valence-corrected chi connectivity index (χ2v) is 6.22. The molecule has 0 fully saturated rings. The number of alkyl halides is 6. The van der Waals surface area contributed by atoms with E-state index >= 15 is 0 Å². The molecule has 34 heavy (non-hydrogen) atoms. The Labute approximate surface area is 184 Å². The highest BCUT2D eigenvalue weighted by Gasteiger charge is 2.42. The second kappa shape index (κ2) is 8.90. The maximum Gasteiger partial charge on any atom is 0.417 e. The van der Waals surface area contributed by atoms with Crippen LogP contribution in [0.15, 0.2) is 18.2 Å². The summed E-state index contributed by atoms with van der Waals surface area (Å²) in [5.74, 6) is -3.51. The third-order valence-electron chi connectivity index (χ3n) is 4.33. The van der Waals surface area contributed by atoms with Gasteiger partial charge in [0.1, 0.15) is 41.7 Å². The van der Waals surface area contributed by atoms with Gasteiger partial charge in [0.05, 0.1) is 33.0 Å². The van der Waals surface area contributed by atoms with Gasteiger partial charge in [0.15, 0.2) is 5.82 Å². The molecule has 0 aliphatic rings. The quantitative estimate of drug-likeness (QED) is 0.581. The van der Waals surface area contributed by atoms with Crippen molar-refractivity contribution in [2.45, 2.75) is 12.4 Å². The van der Waals surface area contributed by atoms with Crippen molar-refractivity contribution < 1.29 is 35.1 Å². The highest BCUT2D eigenvalue weighted by molar-refractivity contribution is 5.80. The fourth-order valence-corrected chi connectivity index (χ4v) is 2.93. The lowest BCUT2D eigenvalue weighted by molar-refractivity contribution is -0.143. The Morgan fingerprint density at radius 2 is 1.15 bits per heavy atom. The van der Waals surface area contributed by atoms with Gasteiger partial charge in [0.25, 0.3) is 0 Å². The molecule has 0 aromatic heterocycles. The van der Waals surface area contributed by atoms with Crippen molar-refractivity contribution in [2.75, 3.05) is 0 Å². The predicted molar refractivity (Wildman–Crippen MR) is 94.2 cm³/mol. The first-order valence-electron chi connectivity index (χ1n) is 8.36. The van der Waals surface area contributed by atoms with E-state index in [1.165, 1.54) is 24.3 Å². The van der Waals surface area contributed by atoms with Crippen molar-refractivity contribution in [1.29, 1.82) is 26.3 Å². The average Bonchev–Trinajstić information content (AvgIpc) is 2.75. The molecule has 0 aliphatic carbocycles. The van der Waals surface area contributed by atoms with Gasteiger partial charge >= 0.3 is 12.4 Å². The fraction of sp³-hybridized carbons (Fsp3) is 0.0952. The van der Waals surface area contributed by atoms with Crippen LogP contribution in [-0.2, 0) is 12.4 Å². The molecule has 0 amide bonds. The summed E-state index contributed by atoms with van der Waals surface area (Å²) in [6.07, 6.45) is -11.0. The molecule has 0 heterocycles. The van der Waals surface area contributed by atoms with Crippen LogP contribution < -0.4 is 10.4 Å². The van der Waals surface area contributed by atoms with Gasteiger partial charge < -0.3 is 0 Å². The highest BCUT2D eigenvalue weighted by atomic mass is 19.4. The van der Waals surface area contributed by atoms with Crippen molar-refractivity contribution in [3.8, 4) is 30.3 Å². The summed E-state index contributed by atoms with van der Waals surface area (Å²) in [5.41, 5.74) is -10.6. The van der Waals surface area contributed by atoms with Crippen LogP contribution in [0.25, 0.3) is 11.1 Å². The van der Waals surface area contributed by atoms with E-state index in [9.17, 15) is 45.6 Å². The molecule has 0 radical (unpaired) electrons. The summed E-state index contributed by atoms with van der Waals surface area (Å²) in [4.78, 5) is 0. The van der Waals surface area contributed by atoms with Crippen LogP contribution in [-0.4, -0.2) is 0 Å². The van der Waals surface area contributed by atoms with E-state index in [1.807, 2.05) is 0 Å². The SMILES string of the molecule is N#CC(C#N)=c1c(F)c/c(=C(/C#N)c2cc(C(F)(F)F)c(C#N)c(C(F)(F)F)c2)c(C#N)c1F. The largest absolute Gasteiger partial charge is 0.417 e. The van der Waals surface area contributed by atoms with E-state index in [2.05, 4.69) is 0 Å². The Hall–Kier alpha value is -4.93. The predicted octanol–water partition coefficient (Wildman–Crippen LogP) is 3.67. The number of hydrogen-bond acceptors (Lipinski definition) is 5. The van der Waals surface area contributed by atoms with E-state index in [0.29, 0.717) is 0 Å². The molecule has 0 saturated heterocycles. The Morgan fingerprint density at radius 3 is 1.50 bits per heavy atom. The monoisotopic (exact) mass is 477 g/mol. The van der Waals surface area contributed by atoms with Crippen LogP contribution in [0.4, 0.5) is 35.1 Å². The Bertz CT molecular complexity index is 1500. The third-order valence-corrected chi connectivity index (χ3v) is 4.33. The van der Waals surface area contributed by atoms with Gasteiger partial charge in [-0.1, -0.05) is 0 Å². The van der Waals surface area contributed by atoms with Gasteiger partial charge in [0, 0.05) is 5.22 Å². The fourth-order valence-electron chi connectivity index (χ4n) is 2.93. The van der Waals surface area contributed by atoms with Crippen LogP contribution in [0.1, 0.15) is 27.8 Å². The first-order valence-corrected chi connectivity index (χ1v) is 8.36. The lowest BCUT2D eigenvalue weighted by atomic mass is 9.92. The molecule has 5 nitrogen and oxygen atoms in total. The van der Waals surface area contributed by atoms with Crippen molar-refractivity contribution >= 4 is 11.1 Å². The van der Waals surface area contributed by atoms with Crippen LogP contribution in [0.2, 0.25) is 0 Å².